The molecule has 0 aliphatic heterocycles. The highest BCUT2D eigenvalue weighted by Gasteiger charge is 2.26. The minimum Gasteiger partial charge on any atom is -0.497 e. The van der Waals surface area contributed by atoms with E-state index in [-0.39, 0.29) is 36.1 Å². The molecular formula is C27H33N5O5S. The summed E-state index contributed by atoms with van der Waals surface area (Å²) < 4.78 is 12.1. The lowest BCUT2D eigenvalue weighted by molar-refractivity contribution is -0.113. The van der Waals surface area contributed by atoms with Crippen molar-refractivity contribution in [3.8, 4) is 5.75 Å². The van der Waals surface area contributed by atoms with Gasteiger partial charge in [0.05, 0.1) is 31.1 Å². The molecule has 1 aromatic heterocycles. The maximum Gasteiger partial charge on any atom is 0.338 e. The zero-order valence-electron chi connectivity index (χ0n) is 22.2. The Labute approximate surface area is 226 Å². The Morgan fingerprint density at radius 2 is 1.76 bits per heavy atom. The van der Waals surface area contributed by atoms with Gasteiger partial charge in [-0.3, -0.25) is 9.59 Å². The minimum absolute atomic E-state index is 0.0412. The Morgan fingerprint density at radius 3 is 2.39 bits per heavy atom. The molecule has 0 bridgehead atoms. The van der Waals surface area contributed by atoms with Crippen molar-refractivity contribution in [1.29, 1.82) is 0 Å². The molecule has 0 saturated heterocycles. The van der Waals surface area contributed by atoms with Crippen LogP contribution in [0.1, 0.15) is 60.3 Å². The average Bonchev–Trinajstić information content (AvgIpc) is 3.33. The van der Waals surface area contributed by atoms with Gasteiger partial charge in [0.2, 0.25) is 5.91 Å². The van der Waals surface area contributed by atoms with E-state index < -0.39 is 5.97 Å². The molecule has 0 unspecified atom stereocenters. The van der Waals surface area contributed by atoms with Crippen molar-refractivity contribution in [3.63, 3.8) is 0 Å². The summed E-state index contributed by atoms with van der Waals surface area (Å²) >= 11 is 1.25. The predicted molar refractivity (Wildman–Crippen MR) is 145 cm³/mol. The number of ether oxygens (including phenoxy) is 2. The summed E-state index contributed by atoms with van der Waals surface area (Å²) in [4.78, 5) is 37.5. The zero-order chi connectivity index (χ0) is 27.7. The van der Waals surface area contributed by atoms with Crippen LogP contribution < -0.4 is 15.4 Å². The lowest BCUT2D eigenvalue weighted by atomic mass is 10.0. The van der Waals surface area contributed by atoms with Gasteiger partial charge in [-0.05, 0) is 62.2 Å². The largest absolute Gasteiger partial charge is 0.497 e. The van der Waals surface area contributed by atoms with Crippen LogP contribution in [0.25, 0.3) is 0 Å². The molecule has 2 N–H and O–H groups in total. The molecule has 3 aromatic rings. The number of amides is 2. The summed E-state index contributed by atoms with van der Waals surface area (Å²) in [7, 11) is 1.57. The Morgan fingerprint density at radius 1 is 1.03 bits per heavy atom. The molecule has 3 rings (SSSR count). The maximum absolute atomic E-state index is 12.9. The molecule has 1 heterocycles. The van der Waals surface area contributed by atoms with E-state index in [1.807, 2.05) is 25.3 Å². The smallest absolute Gasteiger partial charge is 0.338 e. The number of aromatic nitrogens is 3. The van der Waals surface area contributed by atoms with Crippen molar-refractivity contribution in [2.75, 3.05) is 24.8 Å². The van der Waals surface area contributed by atoms with E-state index in [1.54, 1.807) is 62.6 Å². The Bertz CT molecular complexity index is 1260. The number of esters is 1. The number of carbonyl (C=O) groups is 3. The number of rotatable bonds is 12. The van der Waals surface area contributed by atoms with E-state index in [9.17, 15) is 14.4 Å². The normalized spacial score (nSPS) is 11.6. The molecule has 0 radical (unpaired) electrons. The molecule has 202 valence electrons. The lowest BCUT2D eigenvalue weighted by Crippen LogP contribution is -2.33. The summed E-state index contributed by atoms with van der Waals surface area (Å²) in [6, 6.07) is 13.1. The highest BCUT2D eigenvalue weighted by Crippen LogP contribution is 2.26. The van der Waals surface area contributed by atoms with Crippen LogP contribution in [-0.4, -0.2) is 52.0 Å². The minimum atomic E-state index is -0.444. The van der Waals surface area contributed by atoms with Gasteiger partial charge in [0.1, 0.15) is 5.75 Å². The topological polar surface area (TPSA) is 124 Å². The molecule has 0 spiro atoms. The summed E-state index contributed by atoms with van der Waals surface area (Å²) in [6.07, 6.45) is 0. The van der Waals surface area contributed by atoms with Gasteiger partial charge in [0, 0.05) is 17.8 Å². The summed E-state index contributed by atoms with van der Waals surface area (Å²) in [5, 5.41) is 15.1. The molecule has 38 heavy (non-hydrogen) atoms. The molecule has 11 heteroatoms. The van der Waals surface area contributed by atoms with Crippen molar-refractivity contribution in [2.45, 2.75) is 45.4 Å². The molecule has 0 saturated carbocycles. The molecule has 1 atom stereocenters. The van der Waals surface area contributed by atoms with Crippen LogP contribution in [0.2, 0.25) is 0 Å². The van der Waals surface area contributed by atoms with Crippen molar-refractivity contribution in [1.82, 2.24) is 20.1 Å². The van der Waals surface area contributed by atoms with E-state index in [0.717, 1.165) is 0 Å². The zero-order valence-corrected chi connectivity index (χ0v) is 23.0. The molecule has 0 fully saturated rings. The van der Waals surface area contributed by atoms with Crippen LogP contribution in [0.15, 0.2) is 53.7 Å². The highest BCUT2D eigenvalue weighted by atomic mass is 32.2. The van der Waals surface area contributed by atoms with Crippen LogP contribution in [0.3, 0.4) is 0 Å². The maximum atomic E-state index is 12.9. The van der Waals surface area contributed by atoms with Crippen LogP contribution in [-0.2, 0) is 16.1 Å². The number of hydrogen-bond acceptors (Lipinski definition) is 8. The fourth-order valence-corrected chi connectivity index (χ4v) is 4.51. The van der Waals surface area contributed by atoms with Gasteiger partial charge in [0.25, 0.3) is 5.91 Å². The molecular weight excluding hydrogens is 506 g/mol. The fourth-order valence-electron chi connectivity index (χ4n) is 3.70. The van der Waals surface area contributed by atoms with Gasteiger partial charge in [-0.15, -0.1) is 10.2 Å². The van der Waals surface area contributed by atoms with Gasteiger partial charge in [0.15, 0.2) is 11.0 Å². The molecule has 0 aliphatic carbocycles. The number of thioether (sulfide) groups is 1. The first-order chi connectivity index (χ1) is 18.3. The number of hydrogen-bond donors (Lipinski definition) is 2. The van der Waals surface area contributed by atoms with Crippen LogP contribution in [0.4, 0.5) is 5.69 Å². The predicted octanol–water partition coefficient (Wildman–Crippen LogP) is 4.34. The van der Waals surface area contributed by atoms with Gasteiger partial charge in [-0.2, -0.15) is 0 Å². The van der Waals surface area contributed by atoms with E-state index in [0.29, 0.717) is 40.1 Å². The first kappa shape index (κ1) is 28.7. The number of benzene rings is 2. The molecule has 0 aliphatic rings. The highest BCUT2D eigenvalue weighted by molar-refractivity contribution is 7.99. The summed E-state index contributed by atoms with van der Waals surface area (Å²) in [5.74, 6) is 0.498. The van der Waals surface area contributed by atoms with Crippen molar-refractivity contribution < 1.29 is 23.9 Å². The van der Waals surface area contributed by atoms with E-state index >= 15 is 0 Å². The number of methoxy groups -OCH3 is 1. The van der Waals surface area contributed by atoms with E-state index in [2.05, 4.69) is 20.8 Å². The number of nitrogens with one attached hydrogen (secondary N) is 2. The third-order valence-electron chi connectivity index (χ3n) is 5.64. The quantitative estimate of drug-likeness (QED) is 0.257. The van der Waals surface area contributed by atoms with Crippen LogP contribution in [0.5, 0.6) is 5.75 Å². The second kappa shape index (κ2) is 13.6. The lowest BCUT2D eigenvalue weighted by Gasteiger charge is -2.22. The van der Waals surface area contributed by atoms with Crippen molar-refractivity contribution >= 4 is 35.2 Å². The Hall–Kier alpha value is -3.86. The van der Waals surface area contributed by atoms with E-state index in [4.69, 9.17) is 9.47 Å². The third-order valence-corrected chi connectivity index (χ3v) is 6.60. The van der Waals surface area contributed by atoms with Gasteiger partial charge in [-0.1, -0.05) is 31.7 Å². The SMILES string of the molecule is CCOC(=O)c1cccc(NC(=O)CSc2nnc([C@H](NC(=O)c3ccc(OC)cc3)C(C)C)n2CC)c1. The van der Waals surface area contributed by atoms with E-state index in [1.165, 1.54) is 11.8 Å². The number of anilines is 1. The van der Waals surface area contributed by atoms with Gasteiger partial charge >= 0.3 is 5.97 Å². The molecule has 2 aromatic carbocycles. The standard InChI is InChI=1S/C27H33N5O5S/c1-6-32-24(23(17(3)4)29-25(34)18-11-13-21(36-5)14-12-18)30-31-27(32)38-16-22(33)28-20-10-8-9-19(15-20)26(35)37-7-2/h8-15,17,23H,6-7,16H2,1-5H3,(H,28,33)(H,29,34)/t23-/m1/s1. The number of nitrogens with zero attached hydrogens (tertiary/aromatic N) is 3. The first-order valence-electron chi connectivity index (χ1n) is 12.3. The molecule has 10 nitrogen and oxygen atoms in total. The monoisotopic (exact) mass is 539 g/mol. The van der Waals surface area contributed by atoms with Gasteiger partial charge < -0.3 is 24.7 Å². The Kier molecular flexibility index (Phi) is 10.3. The van der Waals surface area contributed by atoms with Crippen molar-refractivity contribution in [2.24, 2.45) is 5.92 Å². The Balaban J connectivity index is 1.68. The fraction of sp³-hybridized carbons (Fsp3) is 0.370. The third kappa shape index (κ3) is 7.34. The number of carbonyl (C=O) groups excluding carboxylic acids is 3. The average molecular weight is 540 g/mol. The van der Waals surface area contributed by atoms with Crippen LogP contribution in [0, 0.1) is 5.92 Å². The second-order valence-corrected chi connectivity index (χ2v) is 9.59. The second-order valence-electron chi connectivity index (χ2n) is 8.65. The van der Waals surface area contributed by atoms with Crippen molar-refractivity contribution in [3.05, 3.63) is 65.5 Å². The summed E-state index contributed by atoms with van der Waals surface area (Å²) in [5.41, 5.74) is 1.38. The van der Waals surface area contributed by atoms with Crippen LogP contribution >= 0.6 is 11.8 Å². The van der Waals surface area contributed by atoms with Gasteiger partial charge in [-0.25, -0.2) is 4.79 Å². The summed E-state index contributed by atoms with van der Waals surface area (Å²) in [6.45, 7) is 8.53. The first-order valence-corrected chi connectivity index (χ1v) is 13.3. The molecule has 2 amide bonds.